The van der Waals surface area contributed by atoms with E-state index in [9.17, 15) is 9.59 Å². The van der Waals surface area contributed by atoms with E-state index in [4.69, 9.17) is 13.9 Å². The van der Waals surface area contributed by atoms with Gasteiger partial charge in [0, 0.05) is 17.3 Å². The third-order valence-electron chi connectivity index (χ3n) is 12.0. The zero-order chi connectivity index (χ0) is 29.0. The number of carbonyl (C=O) groups excluding carboxylic acids is 2. The molecule has 6 rings (SSSR count). The first-order valence-electron chi connectivity index (χ1n) is 15.2. The Morgan fingerprint density at radius 1 is 1.07 bits per heavy atom. The number of esters is 1. The highest BCUT2D eigenvalue weighted by molar-refractivity contribution is 6.74. The number of carbonyl (C=O) groups is 2. The van der Waals surface area contributed by atoms with E-state index in [0.29, 0.717) is 5.92 Å². The molecule has 9 atom stereocenters. The maximum absolute atomic E-state index is 13.5. The van der Waals surface area contributed by atoms with Gasteiger partial charge in [-0.1, -0.05) is 64.8 Å². The molecule has 0 aromatic heterocycles. The Morgan fingerprint density at radius 3 is 2.38 bits per heavy atom. The van der Waals surface area contributed by atoms with Crippen molar-refractivity contribution in [1.82, 2.24) is 0 Å². The Balaban J connectivity index is 1.29. The number of rotatable bonds is 4. The van der Waals surface area contributed by atoms with Crippen LogP contribution in [0.25, 0.3) is 0 Å². The van der Waals surface area contributed by atoms with Crippen molar-refractivity contribution in [3.63, 3.8) is 0 Å². The van der Waals surface area contributed by atoms with Crippen molar-refractivity contribution in [2.45, 2.75) is 110 Å². The number of ether oxygens (including phenoxy) is 2. The third-order valence-corrected chi connectivity index (χ3v) is 16.4. The normalized spacial score (nSPS) is 40.5. The van der Waals surface area contributed by atoms with Gasteiger partial charge in [-0.3, -0.25) is 9.59 Å². The van der Waals surface area contributed by atoms with Crippen LogP contribution in [0.5, 0.6) is 5.75 Å². The summed E-state index contributed by atoms with van der Waals surface area (Å²) in [4.78, 5) is 26.8. The predicted molar refractivity (Wildman–Crippen MR) is 159 cm³/mol. The van der Waals surface area contributed by atoms with Gasteiger partial charge in [0.25, 0.3) is 0 Å². The summed E-state index contributed by atoms with van der Waals surface area (Å²) in [6.07, 6.45) is 5.63. The van der Waals surface area contributed by atoms with E-state index >= 15 is 0 Å². The first-order chi connectivity index (χ1) is 18.6. The average Bonchev–Trinajstić information content (AvgIpc) is 3.35. The van der Waals surface area contributed by atoms with Gasteiger partial charge in [-0.25, -0.2) is 0 Å². The van der Waals surface area contributed by atoms with Crippen molar-refractivity contribution >= 4 is 20.1 Å². The molecule has 5 aliphatic rings. The molecule has 2 aliphatic heterocycles. The maximum atomic E-state index is 13.5. The van der Waals surface area contributed by atoms with Crippen LogP contribution in [0.2, 0.25) is 18.1 Å². The lowest BCUT2D eigenvalue weighted by Crippen LogP contribution is -2.64. The van der Waals surface area contributed by atoms with Gasteiger partial charge >= 0.3 is 5.97 Å². The lowest BCUT2D eigenvalue weighted by molar-refractivity contribution is -0.202. The lowest BCUT2D eigenvalue weighted by Gasteiger charge is -2.58. The number of hydrogen-bond donors (Lipinski definition) is 0. The van der Waals surface area contributed by atoms with E-state index in [0.717, 1.165) is 25.0 Å². The number of allylic oxidation sites excluding steroid dienone is 2. The van der Waals surface area contributed by atoms with Gasteiger partial charge in [0.05, 0.1) is 17.6 Å². The van der Waals surface area contributed by atoms with E-state index in [1.54, 1.807) is 12.2 Å². The molecule has 0 radical (unpaired) electrons. The van der Waals surface area contributed by atoms with Gasteiger partial charge in [0.2, 0.25) is 8.32 Å². The van der Waals surface area contributed by atoms with Crippen LogP contribution in [0.1, 0.15) is 79.2 Å². The van der Waals surface area contributed by atoms with E-state index in [2.05, 4.69) is 78.9 Å². The highest BCUT2D eigenvalue weighted by Crippen LogP contribution is 2.65. The first-order valence-corrected chi connectivity index (χ1v) is 18.1. The Bertz CT molecular complexity index is 1300. The fraction of sp³-hybridized carbons (Fsp3) is 0.647. The van der Waals surface area contributed by atoms with Crippen molar-refractivity contribution in [1.29, 1.82) is 0 Å². The number of fused-ring (bicyclic) bond motifs is 3. The minimum atomic E-state index is -1.90. The Labute approximate surface area is 240 Å². The minimum absolute atomic E-state index is 0.0247. The van der Waals surface area contributed by atoms with Gasteiger partial charge in [0.15, 0.2) is 5.78 Å². The molecule has 0 unspecified atom stereocenters. The van der Waals surface area contributed by atoms with E-state index in [1.807, 2.05) is 6.92 Å². The molecule has 2 saturated heterocycles. The van der Waals surface area contributed by atoms with Crippen LogP contribution >= 0.6 is 0 Å². The van der Waals surface area contributed by atoms with Crippen LogP contribution in [-0.2, 0) is 19.1 Å². The lowest BCUT2D eigenvalue weighted by atomic mass is 9.45. The highest BCUT2D eigenvalue weighted by Gasteiger charge is 2.72. The van der Waals surface area contributed by atoms with Crippen LogP contribution in [0, 0.1) is 28.6 Å². The molecule has 0 N–H and O–H groups in total. The van der Waals surface area contributed by atoms with Crippen LogP contribution in [0.3, 0.4) is 0 Å². The summed E-state index contributed by atoms with van der Waals surface area (Å²) < 4.78 is 19.6. The summed E-state index contributed by atoms with van der Waals surface area (Å²) in [7, 11) is -1.90. The summed E-state index contributed by atoms with van der Waals surface area (Å²) in [5, 5.41) is 0.151. The second kappa shape index (κ2) is 8.91. The molecule has 0 bridgehead atoms. The van der Waals surface area contributed by atoms with Crippen molar-refractivity contribution in [2.24, 2.45) is 28.6 Å². The molecule has 216 valence electrons. The van der Waals surface area contributed by atoms with Crippen molar-refractivity contribution in [2.75, 3.05) is 0 Å². The smallest absolute Gasteiger partial charge is 0.316 e. The SMILES string of the molecule is CC[C@H]1[C@@H]2CC3=C(C)[C@H](c4ccc(O[Si](C)(C)C(C)(C)C)cc4)C[C@H]3O[C@@H]2[C@@H]2OC(=O)[C@]3(C)C=CC(=O)[C@@]1(C)[C@@H]23. The predicted octanol–water partition coefficient (Wildman–Crippen LogP) is 7.38. The third kappa shape index (κ3) is 3.74. The summed E-state index contributed by atoms with van der Waals surface area (Å²) >= 11 is 0. The second-order valence-corrected chi connectivity index (χ2v) is 19.7. The Kier molecular flexibility index (Phi) is 6.23. The molecular weight excluding hydrogens is 516 g/mol. The van der Waals surface area contributed by atoms with Gasteiger partial charge in [-0.15, -0.1) is 0 Å². The molecule has 3 aliphatic carbocycles. The van der Waals surface area contributed by atoms with Crippen LogP contribution in [0.15, 0.2) is 47.6 Å². The summed E-state index contributed by atoms with van der Waals surface area (Å²) in [6, 6.07) is 8.71. The highest BCUT2D eigenvalue weighted by atomic mass is 28.4. The number of benzene rings is 1. The molecule has 5 nitrogen and oxygen atoms in total. The van der Waals surface area contributed by atoms with Gasteiger partial charge in [0.1, 0.15) is 11.9 Å². The molecule has 3 fully saturated rings. The van der Waals surface area contributed by atoms with Crippen molar-refractivity contribution in [3.8, 4) is 5.75 Å². The molecule has 1 saturated carbocycles. The first kappa shape index (κ1) is 28.0. The topological polar surface area (TPSA) is 61.8 Å². The monoisotopic (exact) mass is 562 g/mol. The Hall–Kier alpha value is -2.18. The van der Waals surface area contributed by atoms with Gasteiger partial charge in [-0.05, 0) is 86.0 Å². The largest absolute Gasteiger partial charge is 0.544 e. The fourth-order valence-electron chi connectivity index (χ4n) is 8.74. The molecule has 1 aromatic rings. The fourth-order valence-corrected chi connectivity index (χ4v) is 9.77. The second-order valence-electron chi connectivity index (χ2n) is 15.0. The summed E-state index contributed by atoms with van der Waals surface area (Å²) in [5.74, 6) is 1.27. The van der Waals surface area contributed by atoms with Crippen LogP contribution in [0.4, 0.5) is 0 Å². The van der Waals surface area contributed by atoms with Crippen LogP contribution in [-0.4, -0.2) is 38.4 Å². The van der Waals surface area contributed by atoms with Crippen molar-refractivity contribution < 1.29 is 23.5 Å². The summed E-state index contributed by atoms with van der Waals surface area (Å²) in [5.41, 5.74) is 2.68. The average molecular weight is 563 g/mol. The molecule has 1 aromatic carbocycles. The quantitative estimate of drug-likeness (QED) is 0.218. The molecule has 2 heterocycles. The zero-order valence-electron chi connectivity index (χ0n) is 25.7. The number of ketones is 1. The standard InChI is InChI=1S/C34H46O5Si/c1-10-25-24-17-23-19(2)22(20-11-13-21(14-12-20)39-40(8,9)32(3,4)5)18-26(23)37-28(24)29-30-33(6,31(36)38-29)16-15-27(35)34(25,30)7/h11-16,22,24-26,28-30H,10,17-18H2,1-9H3/t22-,24+,25+,26-,28+,29+,30+,33-,34+/m1/s1. The van der Waals surface area contributed by atoms with Gasteiger partial charge < -0.3 is 13.9 Å². The number of hydrogen-bond acceptors (Lipinski definition) is 5. The van der Waals surface area contributed by atoms with E-state index in [-0.39, 0.29) is 52.9 Å². The summed E-state index contributed by atoms with van der Waals surface area (Å²) in [6.45, 7) is 19.8. The minimum Gasteiger partial charge on any atom is -0.544 e. The molecule has 6 heteroatoms. The molecule has 40 heavy (non-hydrogen) atoms. The molecular formula is C34H46O5Si. The van der Waals surface area contributed by atoms with E-state index in [1.165, 1.54) is 16.7 Å². The Morgan fingerprint density at radius 2 is 1.75 bits per heavy atom. The van der Waals surface area contributed by atoms with Gasteiger partial charge in [-0.2, -0.15) is 0 Å². The maximum Gasteiger partial charge on any atom is 0.316 e. The van der Waals surface area contributed by atoms with Crippen LogP contribution < -0.4 is 4.43 Å². The zero-order valence-corrected chi connectivity index (χ0v) is 26.7. The molecule has 0 spiro atoms. The van der Waals surface area contributed by atoms with Crippen molar-refractivity contribution in [3.05, 3.63) is 53.1 Å². The van der Waals surface area contributed by atoms with E-state index < -0.39 is 19.1 Å². The molecule has 0 amide bonds.